The molecule has 0 aromatic carbocycles. The molecule has 0 aliphatic heterocycles. The van der Waals surface area contributed by atoms with E-state index in [4.69, 9.17) is 29.4 Å². The highest BCUT2D eigenvalue weighted by Crippen LogP contribution is 2.43. The number of carbonyl (C=O) groups is 2. The number of unbranched alkanes of at least 4 members (excludes halogenated alkanes) is 28. The van der Waals surface area contributed by atoms with E-state index in [1.807, 2.05) is 0 Å². The highest BCUT2D eigenvalue weighted by Gasteiger charge is 2.27. The summed E-state index contributed by atoms with van der Waals surface area (Å²) in [7, 11) is -4.61. The molecule has 0 aliphatic carbocycles. The van der Waals surface area contributed by atoms with E-state index in [1.54, 1.807) is 0 Å². The standard InChI is InChI=1S/C44H86NO9P/c1-3-5-7-9-11-13-15-17-19-21-22-24-26-28-30-32-34-36-43(46)54-41(39-52-55(49,50)53-40-42(45)44(47)48)38-51-37-35-33-31-29-27-25-23-20-18-16-14-12-10-8-6-4-2/h17,19,41-42H,3-16,18,20-40,45H2,1-2H3,(H,47,48)(H,49,50)/b19-17-. The molecule has 0 saturated heterocycles. The minimum absolute atomic E-state index is 0.0212. The van der Waals surface area contributed by atoms with Crippen molar-refractivity contribution in [3.8, 4) is 0 Å². The number of carboxylic acid groups (broad SMARTS) is 1. The second-order valence-corrected chi connectivity index (χ2v) is 17.0. The summed E-state index contributed by atoms with van der Waals surface area (Å²) in [5.74, 6) is -1.77. The van der Waals surface area contributed by atoms with Crippen LogP contribution in [0.25, 0.3) is 0 Å². The summed E-state index contributed by atoms with van der Waals surface area (Å²) in [4.78, 5) is 33.5. The average molecular weight is 804 g/mol. The van der Waals surface area contributed by atoms with Crippen LogP contribution in [-0.4, -0.2) is 60.5 Å². The first-order chi connectivity index (χ1) is 26.7. The number of hydrogen-bond donors (Lipinski definition) is 3. The van der Waals surface area contributed by atoms with Gasteiger partial charge in [0.25, 0.3) is 0 Å². The zero-order valence-corrected chi connectivity index (χ0v) is 36.4. The molecule has 0 bridgehead atoms. The number of esters is 1. The van der Waals surface area contributed by atoms with E-state index in [-0.39, 0.29) is 13.0 Å². The van der Waals surface area contributed by atoms with Crippen LogP contribution in [0, 0.1) is 0 Å². The Morgan fingerprint density at radius 3 is 1.38 bits per heavy atom. The van der Waals surface area contributed by atoms with Gasteiger partial charge in [0.2, 0.25) is 0 Å². The maximum Gasteiger partial charge on any atom is 0.472 e. The monoisotopic (exact) mass is 804 g/mol. The maximum atomic E-state index is 12.6. The minimum Gasteiger partial charge on any atom is -0.480 e. The van der Waals surface area contributed by atoms with Gasteiger partial charge in [-0.2, -0.15) is 0 Å². The van der Waals surface area contributed by atoms with Crippen molar-refractivity contribution in [2.45, 2.75) is 231 Å². The van der Waals surface area contributed by atoms with E-state index in [0.29, 0.717) is 13.0 Å². The van der Waals surface area contributed by atoms with Crippen LogP contribution in [0.1, 0.15) is 219 Å². The maximum absolute atomic E-state index is 12.6. The molecule has 0 spiro atoms. The number of phosphoric ester groups is 1. The van der Waals surface area contributed by atoms with E-state index in [0.717, 1.165) is 44.9 Å². The Kier molecular flexibility index (Phi) is 39.9. The zero-order chi connectivity index (χ0) is 40.5. The molecule has 55 heavy (non-hydrogen) atoms. The second-order valence-electron chi connectivity index (χ2n) is 15.5. The van der Waals surface area contributed by atoms with Gasteiger partial charge >= 0.3 is 19.8 Å². The number of allylic oxidation sites excluding steroid dienone is 2. The molecule has 0 saturated carbocycles. The first-order valence-corrected chi connectivity index (χ1v) is 24.2. The summed E-state index contributed by atoms with van der Waals surface area (Å²) in [5, 5.41) is 8.90. The average Bonchev–Trinajstić information content (AvgIpc) is 3.16. The SMILES string of the molecule is CCCCCCCC/C=C\CCCCCCCCCC(=O)OC(COCCCCCCCCCCCCCCCCCC)COP(=O)(O)OCC(N)C(=O)O. The molecule has 3 unspecified atom stereocenters. The lowest BCUT2D eigenvalue weighted by Gasteiger charge is -2.20. The Morgan fingerprint density at radius 2 is 0.945 bits per heavy atom. The number of hydrogen-bond acceptors (Lipinski definition) is 8. The van der Waals surface area contributed by atoms with Crippen LogP contribution in [0.5, 0.6) is 0 Å². The highest BCUT2D eigenvalue weighted by atomic mass is 31.2. The zero-order valence-electron chi connectivity index (χ0n) is 35.5. The van der Waals surface area contributed by atoms with Crippen molar-refractivity contribution in [1.82, 2.24) is 0 Å². The molecule has 3 atom stereocenters. The molecule has 4 N–H and O–H groups in total. The molecule has 0 fully saturated rings. The Morgan fingerprint density at radius 1 is 0.564 bits per heavy atom. The van der Waals surface area contributed by atoms with Crippen molar-refractivity contribution in [1.29, 1.82) is 0 Å². The smallest absolute Gasteiger partial charge is 0.472 e. The van der Waals surface area contributed by atoms with Gasteiger partial charge in [-0.15, -0.1) is 0 Å². The van der Waals surface area contributed by atoms with E-state index in [1.165, 1.54) is 148 Å². The minimum atomic E-state index is -4.61. The lowest BCUT2D eigenvalue weighted by atomic mass is 10.0. The molecular formula is C44H86NO9P. The lowest BCUT2D eigenvalue weighted by molar-refractivity contribution is -0.154. The summed E-state index contributed by atoms with van der Waals surface area (Å²) in [5.41, 5.74) is 5.36. The van der Waals surface area contributed by atoms with Gasteiger partial charge in [-0.3, -0.25) is 18.6 Å². The normalized spacial score (nSPS) is 14.0. The predicted molar refractivity (Wildman–Crippen MR) is 226 cm³/mol. The molecule has 0 aliphatic rings. The summed E-state index contributed by atoms with van der Waals surface area (Å²) >= 11 is 0. The molecule has 0 rings (SSSR count). The molecule has 0 heterocycles. The number of phosphoric acid groups is 1. The van der Waals surface area contributed by atoms with Gasteiger partial charge in [-0.1, -0.05) is 187 Å². The van der Waals surface area contributed by atoms with Crippen molar-refractivity contribution >= 4 is 19.8 Å². The van der Waals surface area contributed by atoms with Crippen molar-refractivity contribution in [3.63, 3.8) is 0 Å². The van der Waals surface area contributed by atoms with Crippen molar-refractivity contribution < 1.29 is 42.7 Å². The van der Waals surface area contributed by atoms with Gasteiger partial charge in [0.05, 0.1) is 19.8 Å². The molecule has 0 amide bonds. The number of carbonyl (C=O) groups excluding carboxylic acids is 1. The molecular weight excluding hydrogens is 717 g/mol. The highest BCUT2D eigenvalue weighted by molar-refractivity contribution is 7.47. The summed E-state index contributed by atoms with van der Waals surface area (Å²) in [6, 6.07) is -1.47. The topological polar surface area (TPSA) is 155 Å². The van der Waals surface area contributed by atoms with E-state index in [9.17, 15) is 19.0 Å². The Labute approximate surface area is 337 Å². The number of nitrogens with two attached hydrogens (primary N) is 1. The van der Waals surface area contributed by atoms with Crippen LogP contribution >= 0.6 is 7.82 Å². The fourth-order valence-electron chi connectivity index (χ4n) is 6.48. The number of rotatable bonds is 44. The molecule has 326 valence electrons. The third kappa shape index (κ3) is 40.7. The predicted octanol–water partition coefficient (Wildman–Crippen LogP) is 12.5. The van der Waals surface area contributed by atoms with Crippen molar-refractivity contribution in [2.24, 2.45) is 5.73 Å². The number of aliphatic carboxylic acids is 1. The molecule has 0 aromatic heterocycles. The van der Waals surface area contributed by atoms with Crippen LogP contribution in [-0.2, 0) is 32.7 Å². The molecule has 11 heteroatoms. The Bertz CT molecular complexity index is 935. The van der Waals surface area contributed by atoms with E-state index < -0.39 is 45.1 Å². The quantitative estimate of drug-likeness (QED) is 0.0235. The first-order valence-electron chi connectivity index (χ1n) is 22.7. The number of carboxylic acids is 1. The van der Waals surface area contributed by atoms with Gasteiger partial charge in [0.1, 0.15) is 12.1 Å². The summed E-state index contributed by atoms with van der Waals surface area (Å²) in [6.45, 7) is 3.91. The number of ether oxygens (including phenoxy) is 2. The molecule has 10 nitrogen and oxygen atoms in total. The molecule has 0 radical (unpaired) electrons. The first kappa shape index (κ1) is 53.7. The third-order valence-corrected chi connectivity index (χ3v) is 11.0. The molecule has 0 aromatic rings. The van der Waals surface area contributed by atoms with Crippen LogP contribution < -0.4 is 5.73 Å². The summed E-state index contributed by atoms with van der Waals surface area (Å²) < 4.78 is 33.4. The second kappa shape index (κ2) is 40.9. The van der Waals surface area contributed by atoms with Crippen molar-refractivity contribution in [2.75, 3.05) is 26.4 Å². The van der Waals surface area contributed by atoms with Crippen LogP contribution in [0.15, 0.2) is 12.2 Å². The van der Waals surface area contributed by atoms with Gasteiger partial charge in [0.15, 0.2) is 0 Å². The fraction of sp³-hybridized carbons (Fsp3) is 0.909. The van der Waals surface area contributed by atoms with Crippen molar-refractivity contribution in [3.05, 3.63) is 12.2 Å². The van der Waals surface area contributed by atoms with Crippen LogP contribution in [0.2, 0.25) is 0 Å². The fourth-order valence-corrected chi connectivity index (χ4v) is 7.26. The van der Waals surface area contributed by atoms with Gasteiger partial charge in [-0.05, 0) is 38.5 Å². The van der Waals surface area contributed by atoms with Gasteiger partial charge in [-0.25, -0.2) is 4.57 Å². The lowest BCUT2D eigenvalue weighted by Crippen LogP contribution is -2.34. The van der Waals surface area contributed by atoms with Gasteiger partial charge in [0, 0.05) is 13.0 Å². The van der Waals surface area contributed by atoms with E-state index >= 15 is 0 Å². The summed E-state index contributed by atoms with van der Waals surface area (Å²) in [6.07, 6.45) is 42.6. The third-order valence-electron chi connectivity index (χ3n) is 10.0. The van der Waals surface area contributed by atoms with E-state index in [2.05, 4.69) is 26.0 Å². The Hall–Kier alpha value is -1.29. The van der Waals surface area contributed by atoms with Crippen LogP contribution in [0.3, 0.4) is 0 Å². The van der Waals surface area contributed by atoms with Crippen LogP contribution in [0.4, 0.5) is 0 Å². The largest absolute Gasteiger partial charge is 0.480 e. The van der Waals surface area contributed by atoms with Gasteiger partial charge < -0.3 is 25.2 Å². The Balaban J connectivity index is 4.19.